The van der Waals surface area contributed by atoms with Gasteiger partial charge in [0.2, 0.25) is 0 Å². The molecule has 0 saturated carbocycles. The lowest BCUT2D eigenvalue weighted by Crippen LogP contribution is -2.31. The molecule has 3 aromatic rings. The Morgan fingerprint density at radius 1 is 0.897 bits per heavy atom. The lowest BCUT2D eigenvalue weighted by Gasteiger charge is -2.27. The third-order valence-electron chi connectivity index (χ3n) is 7.43. The van der Waals surface area contributed by atoms with Crippen molar-refractivity contribution in [2.45, 2.75) is 52.5 Å². The van der Waals surface area contributed by atoms with Gasteiger partial charge >= 0.3 is 0 Å². The zero-order chi connectivity index (χ0) is 28.5. The van der Waals surface area contributed by atoms with Gasteiger partial charge in [0.15, 0.2) is 0 Å². The molecular formula is C33H37NO5. The normalized spacial score (nSPS) is 17.0. The van der Waals surface area contributed by atoms with Gasteiger partial charge < -0.3 is 19.5 Å². The van der Waals surface area contributed by atoms with Crippen molar-refractivity contribution in [2.75, 3.05) is 20.8 Å². The average molecular weight is 528 g/mol. The van der Waals surface area contributed by atoms with E-state index in [4.69, 9.17) is 9.47 Å². The molecule has 39 heavy (non-hydrogen) atoms. The number of aliphatic hydroxyl groups excluding tert-OH is 1. The molecule has 0 radical (unpaired) electrons. The van der Waals surface area contributed by atoms with E-state index in [-0.39, 0.29) is 16.7 Å². The Hall–Kier alpha value is -4.06. The molecule has 1 fully saturated rings. The quantitative estimate of drug-likeness (QED) is 0.222. The van der Waals surface area contributed by atoms with E-state index in [1.54, 1.807) is 25.2 Å². The third-order valence-corrected chi connectivity index (χ3v) is 7.43. The van der Waals surface area contributed by atoms with Crippen LogP contribution in [0, 0.1) is 13.8 Å². The molecule has 3 aromatic carbocycles. The molecule has 1 atom stereocenters. The number of ketones is 1. The molecule has 1 aliphatic rings. The summed E-state index contributed by atoms with van der Waals surface area (Å²) in [5.74, 6) is -0.0205. The Kier molecular flexibility index (Phi) is 7.86. The highest BCUT2D eigenvalue weighted by molar-refractivity contribution is 6.46. The van der Waals surface area contributed by atoms with Gasteiger partial charge in [0, 0.05) is 12.1 Å². The zero-order valence-corrected chi connectivity index (χ0v) is 23.8. The predicted molar refractivity (Wildman–Crippen MR) is 153 cm³/mol. The smallest absolute Gasteiger partial charge is 0.295 e. The summed E-state index contributed by atoms with van der Waals surface area (Å²) in [5, 5.41) is 11.6. The van der Waals surface area contributed by atoms with E-state index in [0.717, 1.165) is 33.6 Å². The Morgan fingerprint density at radius 2 is 1.54 bits per heavy atom. The fraction of sp³-hybridized carbons (Fsp3) is 0.333. The van der Waals surface area contributed by atoms with Gasteiger partial charge in [-0.2, -0.15) is 0 Å². The molecule has 1 heterocycles. The van der Waals surface area contributed by atoms with Crippen molar-refractivity contribution in [3.8, 4) is 11.5 Å². The van der Waals surface area contributed by atoms with Crippen molar-refractivity contribution in [2.24, 2.45) is 0 Å². The van der Waals surface area contributed by atoms with Gasteiger partial charge in [-0.15, -0.1) is 0 Å². The van der Waals surface area contributed by atoms with Crippen molar-refractivity contribution in [1.82, 2.24) is 4.90 Å². The van der Waals surface area contributed by atoms with Crippen LogP contribution in [0.15, 0.2) is 66.2 Å². The summed E-state index contributed by atoms with van der Waals surface area (Å²) in [6.07, 6.45) is 0.550. The topological polar surface area (TPSA) is 76.1 Å². The first-order valence-electron chi connectivity index (χ1n) is 13.1. The largest absolute Gasteiger partial charge is 0.507 e. The second-order valence-electron chi connectivity index (χ2n) is 11.1. The van der Waals surface area contributed by atoms with Crippen LogP contribution in [0.5, 0.6) is 11.5 Å². The molecule has 0 bridgehead atoms. The average Bonchev–Trinajstić information content (AvgIpc) is 3.17. The number of carbonyl (C=O) groups excluding carboxylic acids is 2. The number of aryl methyl sites for hydroxylation is 2. The van der Waals surface area contributed by atoms with Crippen LogP contribution in [0.3, 0.4) is 0 Å². The molecule has 1 N–H and O–H groups in total. The maximum absolute atomic E-state index is 13.5. The first-order valence-corrected chi connectivity index (χ1v) is 13.1. The number of likely N-dealkylation sites (tertiary alicyclic amines) is 1. The van der Waals surface area contributed by atoms with Crippen molar-refractivity contribution < 1.29 is 24.2 Å². The highest BCUT2D eigenvalue weighted by Gasteiger charge is 2.46. The second-order valence-corrected chi connectivity index (χ2v) is 11.1. The van der Waals surface area contributed by atoms with Gasteiger partial charge in [0.25, 0.3) is 11.7 Å². The Bertz CT molecular complexity index is 1410. The molecule has 6 nitrogen and oxygen atoms in total. The molecule has 1 unspecified atom stereocenters. The molecule has 0 aliphatic carbocycles. The monoisotopic (exact) mass is 527 g/mol. The third kappa shape index (κ3) is 5.56. The molecule has 204 valence electrons. The minimum Gasteiger partial charge on any atom is -0.507 e. The molecule has 6 heteroatoms. The summed E-state index contributed by atoms with van der Waals surface area (Å²) in [4.78, 5) is 28.5. The number of aliphatic hydroxyl groups is 1. The van der Waals surface area contributed by atoms with Crippen LogP contribution in [-0.4, -0.2) is 42.5 Å². The highest BCUT2D eigenvalue weighted by Crippen LogP contribution is 2.41. The van der Waals surface area contributed by atoms with Crippen LogP contribution in [0.2, 0.25) is 0 Å². The van der Waals surface area contributed by atoms with Gasteiger partial charge in [-0.3, -0.25) is 9.59 Å². The van der Waals surface area contributed by atoms with E-state index >= 15 is 0 Å². The van der Waals surface area contributed by atoms with Crippen LogP contribution in [0.4, 0.5) is 0 Å². The SMILES string of the molecule is COc1ccc(CCN2C(=O)C(=O)/C(=C(/O)c3cc(C)c(OC)cc3C)C2c2ccc(C(C)(C)C)cc2)cc1. The van der Waals surface area contributed by atoms with Gasteiger partial charge in [-0.1, -0.05) is 57.2 Å². The van der Waals surface area contributed by atoms with E-state index in [9.17, 15) is 14.7 Å². The fourth-order valence-corrected chi connectivity index (χ4v) is 5.07. The lowest BCUT2D eigenvalue weighted by molar-refractivity contribution is -0.139. The molecule has 1 saturated heterocycles. The molecule has 1 aliphatic heterocycles. The van der Waals surface area contributed by atoms with Gasteiger partial charge in [-0.05, 0) is 77.8 Å². The maximum atomic E-state index is 13.5. The maximum Gasteiger partial charge on any atom is 0.295 e. The van der Waals surface area contributed by atoms with Crippen molar-refractivity contribution in [3.05, 3.63) is 99.6 Å². The van der Waals surface area contributed by atoms with Crippen molar-refractivity contribution in [1.29, 1.82) is 0 Å². The molecule has 0 aromatic heterocycles. The lowest BCUT2D eigenvalue weighted by atomic mass is 9.85. The summed E-state index contributed by atoms with van der Waals surface area (Å²) in [7, 11) is 3.21. The van der Waals surface area contributed by atoms with Crippen LogP contribution in [0.25, 0.3) is 5.76 Å². The number of nitrogens with zero attached hydrogens (tertiary/aromatic N) is 1. The van der Waals surface area contributed by atoms with Crippen molar-refractivity contribution in [3.63, 3.8) is 0 Å². The Morgan fingerprint density at radius 3 is 2.10 bits per heavy atom. The predicted octanol–water partition coefficient (Wildman–Crippen LogP) is 6.28. The number of hydrogen-bond donors (Lipinski definition) is 1. The molecule has 0 spiro atoms. The number of carbonyl (C=O) groups is 2. The molecular weight excluding hydrogens is 490 g/mol. The minimum absolute atomic E-state index is 0.0492. The molecule has 4 rings (SSSR count). The fourth-order valence-electron chi connectivity index (χ4n) is 5.07. The first kappa shape index (κ1) is 28.0. The summed E-state index contributed by atoms with van der Waals surface area (Å²) in [6.45, 7) is 10.5. The van der Waals surface area contributed by atoms with E-state index in [0.29, 0.717) is 24.3 Å². The highest BCUT2D eigenvalue weighted by atomic mass is 16.5. The second kappa shape index (κ2) is 11.0. The standard InChI is InChI=1S/C33H37NO5/c1-20-19-27(39-7)21(2)18-26(20)30(35)28-29(23-10-12-24(13-11-23)33(3,4)5)34(32(37)31(28)36)17-16-22-8-14-25(38-6)15-9-22/h8-15,18-19,29,35H,16-17H2,1-7H3/b30-28+. The molecule has 1 amide bonds. The number of hydrogen-bond acceptors (Lipinski definition) is 5. The number of benzene rings is 3. The van der Waals surface area contributed by atoms with Gasteiger partial charge in [0.1, 0.15) is 17.3 Å². The van der Waals surface area contributed by atoms with E-state index in [1.807, 2.05) is 68.4 Å². The zero-order valence-electron chi connectivity index (χ0n) is 23.8. The van der Waals surface area contributed by atoms with Crippen molar-refractivity contribution >= 4 is 17.4 Å². The number of methoxy groups -OCH3 is 2. The number of Topliss-reactive ketones (excluding diaryl/α,β-unsaturated/α-hetero) is 1. The Balaban J connectivity index is 1.81. The van der Waals surface area contributed by atoms with Crippen LogP contribution in [-0.2, 0) is 21.4 Å². The number of ether oxygens (including phenoxy) is 2. The summed E-state index contributed by atoms with van der Waals surface area (Å²) < 4.78 is 10.7. The van der Waals surface area contributed by atoms with Crippen LogP contribution in [0.1, 0.15) is 60.2 Å². The van der Waals surface area contributed by atoms with E-state index in [1.165, 1.54) is 0 Å². The first-order chi connectivity index (χ1) is 18.5. The van der Waals surface area contributed by atoms with Crippen LogP contribution < -0.4 is 9.47 Å². The van der Waals surface area contributed by atoms with E-state index < -0.39 is 17.7 Å². The minimum atomic E-state index is -0.709. The Labute approximate surface area is 230 Å². The summed E-state index contributed by atoms with van der Waals surface area (Å²) in [6, 6.07) is 18.5. The van der Waals surface area contributed by atoms with Gasteiger partial charge in [-0.25, -0.2) is 0 Å². The van der Waals surface area contributed by atoms with E-state index in [2.05, 4.69) is 20.8 Å². The summed E-state index contributed by atoms with van der Waals surface area (Å²) in [5.41, 5.74) is 5.08. The summed E-state index contributed by atoms with van der Waals surface area (Å²) >= 11 is 0. The van der Waals surface area contributed by atoms with Gasteiger partial charge in [0.05, 0.1) is 25.8 Å². The number of rotatable bonds is 7. The van der Waals surface area contributed by atoms with Crippen LogP contribution >= 0.6 is 0 Å². The number of amides is 1.